The van der Waals surface area contributed by atoms with Crippen molar-refractivity contribution in [3.8, 4) is 5.88 Å². The van der Waals surface area contributed by atoms with E-state index in [0.717, 1.165) is 17.5 Å². The van der Waals surface area contributed by atoms with Gasteiger partial charge in [0.1, 0.15) is 5.56 Å². The molecule has 0 aromatic carbocycles. The van der Waals surface area contributed by atoms with E-state index in [1.807, 2.05) is 19.0 Å². The molecule has 0 bridgehead atoms. The molecule has 7 heteroatoms. The van der Waals surface area contributed by atoms with Crippen molar-refractivity contribution >= 4 is 6.21 Å². The zero-order chi connectivity index (χ0) is 13.7. The zero-order valence-electron chi connectivity index (χ0n) is 10.8. The van der Waals surface area contributed by atoms with Crippen LogP contribution < -0.4 is 11.2 Å². The van der Waals surface area contributed by atoms with Crippen molar-refractivity contribution in [3.05, 3.63) is 26.4 Å². The van der Waals surface area contributed by atoms with E-state index >= 15 is 0 Å². The summed E-state index contributed by atoms with van der Waals surface area (Å²) in [7, 11) is 5.30. The number of aromatic amines is 1. The second-order valence-electron chi connectivity index (χ2n) is 4.25. The molecule has 7 nitrogen and oxygen atoms in total. The predicted octanol–water partition coefficient (Wildman–Crippen LogP) is -0.850. The number of aromatic hydroxyl groups is 1. The van der Waals surface area contributed by atoms with Gasteiger partial charge >= 0.3 is 5.69 Å². The van der Waals surface area contributed by atoms with Crippen molar-refractivity contribution < 1.29 is 5.11 Å². The Balaban J connectivity index is 2.79. The van der Waals surface area contributed by atoms with E-state index in [1.54, 1.807) is 0 Å². The average molecular weight is 254 g/mol. The molecule has 0 unspecified atom stereocenters. The molecule has 18 heavy (non-hydrogen) atoms. The van der Waals surface area contributed by atoms with Gasteiger partial charge in [-0.15, -0.1) is 0 Å². The van der Waals surface area contributed by atoms with Crippen LogP contribution in [0.15, 0.2) is 14.6 Å². The zero-order valence-corrected chi connectivity index (χ0v) is 10.8. The molecule has 0 fully saturated rings. The molecule has 0 aliphatic heterocycles. The lowest BCUT2D eigenvalue weighted by Gasteiger charge is -2.06. The first-order valence-electron chi connectivity index (χ1n) is 5.60. The van der Waals surface area contributed by atoms with Crippen LogP contribution in [-0.4, -0.2) is 53.0 Å². The first-order chi connectivity index (χ1) is 8.43. The highest BCUT2D eigenvalue weighted by Crippen LogP contribution is 2.04. The monoisotopic (exact) mass is 254 g/mol. The summed E-state index contributed by atoms with van der Waals surface area (Å²) in [5.74, 6) is -0.375. The van der Waals surface area contributed by atoms with Gasteiger partial charge in [0, 0.05) is 19.8 Å². The van der Waals surface area contributed by atoms with E-state index in [2.05, 4.69) is 9.98 Å². The second kappa shape index (κ2) is 6.15. The maximum Gasteiger partial charge on any atom is 0.330 e. The summed E-state index contributed by atoms with van der Waals surface area (Å²) in [5.41, 5.74) is -1.28. The van der Waals surface area contributed by atoms with Crippen LogP contribution in [-0.2, 0) is 7.05 Å². The Hall–Kier alpha value is -1.89. The molecular weight excluding hydrogens is 236 g/mol. The molecule has 100 valence electrons. The number of aliphatic imine (C=N–C) groups is 1. The van der Waals surface area contributed by atoms with E-state index < -0.39 is 11.2 Å². The number of aromatic nitrogens is 2. The Kier molecular flexibility index (Phi) is 4.85. The van der Waals surface area contributed by atoms with Gasteiger partial charge in [0.25, 0.3) is 5.56 Å². The summed E-state index contributed by atoms with van der Waals surface area (Å²) in [6, 6.07) is 0. The highest BCUT2D eigenvalue weighted by molar-refractivity contribution is 5.81. The SMILES string of the molecule is CN(C)CCCN=Cc1c(O)n(C)c(=O)[nH]c1=O. The molecule has 0 saturated carbocycles. The van der Waals surface area contributed by atoms with Crippen molar-refractivity contribution in [2.24, 2.45) is 12.0 Å². The van der Waals surface area contributed by atoms with Crippen LogP contribution in [0.2, 0.25) is 0 Å². The Morgan fingerprint density at radius 1 is 1.44 bits per heavy atom. The molecule has 0 aliphatic carbocycles. The van der Waals surface area contributed by atoms with Gasteiger partial charge in [-0.25, -0.2) is 4.79 Å². The Labute approximate surface area is 104 Å². The third-order valence-corrected chi connectivity index (χ3v) is 2.44. The van der Waals surface area contributed by atoms with Crippen LogP contribution in [0, 0.1) is 0 Å². The van der Waals surface area contributed by atoms with Crippen LogP contribution in [0.3, 0.4) is 0 Å². The minimum absolute atomic E-state index is 0.00181. The van der Waals surface area contributed by atoms with Crippen molar-refractivity contribution in [2.45, 2.75) is 6.42 Å². The normalized spacial score (nSPS) is 11.6. The minimum atomic E-state index is -0.651. The smallest absolute Gasteiger partial charge is 0.330 e. The quantitative estimate of drug-likeness (QED) is 0.529. The number of hydrogen-bond donors (Lipinski definition) is 2. The Morgan fingerprint density at radius 2 is 2.11 bits per heavy atom. The third kappa shape index (κ3) is 3.56. The highest BCUT2D eigenvalue weighted by atomic mass is 16.3. The fourth-order valence-electron chi connectivity index (χ4n) is 1.38. The summed E-state index contributed by atoms with van der Waals surface area (Å²) in [6.45, 7) is 1.45. The molecule has 0 radical (unpaired) electrons. The first-order valence-corrected chi connectivity index (χ1v) is 5.60. The summed E-state index contributed by atoms with van der Waals surface area (Å²) in [4.78, 5) is 30.8. The number of nitrogens with zero attached hydrogens (tertiary/aromatic N) is 3. The van der Waals surface area contributed by atoms with Crippen molar-refractivity contribution in [3.63, 3.8) is 0 Å². The topological polar surface area (TPSA) is 90.7 Å². The van der Waals surface area contributed by atoms with E-state index in [4.69, 9.17) is 0 Å². The summed E-state index contributed by atoms with van der Waals surface area (Å²) >= 11 is 0. The molecule has 0 amide bonds. The number of rotatable bonds is 5. The molecule has 0 spiro atoms. The fraction of sp³-hybridized carbons (Fsp3) is 0.545. The van der Waals surface area contributed by atoms with Gasteiger partial charge in [0.15, 0.2) is 0 Å². The van der Waals surface area contributed by atoms with Crippen molar-refractivity contribution in [2.75, 3.05) is 27.2 Å². The largest absolute Gasteiger partial charge is 0.494 e. The maximum absolute atomic E-state index is 11.5. The Bertz CT molecular complexity index is 542. The molecular formula is C11H18N4O3. The first kappa shape index (κ1) is 14.2. The van der Waals surface area contributed by atoms with Crippen LogP contribution in [0.1, 0.15) is 12.0 Å². The van der Waals surface area contributed by atoms with E-state index in [9.17, 15) is 14.7 Å². The fourth-order valence-corrected chi connectivity index (χ4v) is 1.38. The standard InChI is InChI=1S/C11H18N4O3/c1-14(2)6-4-5-12-7-8-9(16)13-11(18)15(3)10(8)17/h7,17H,4-6H2,1-3H3,(H,13,16,18). The van der Waals surface area contributed by atoms with Crippen LogP contribution in [0.5, 0.6) is 5.88 Å². The molecule has 2 N–H and O–H groups in total. The van der Waals surface area contributed by atoms with E-state index in [-0.39, 0.29) is 11.4 Å². The summed E-state index contributed by atoms with van der Waals surface area (Å²) in [5, 5.41) is 9.65. The van der Waals surface area contributed by atoms with E-state index in [1.165, 1.54) is 13.3 Å². The molecule has 1 aromatic rings. The van der Waals surface area contributed by atoms with Gasteiger partial charge in [-0.2, -0.15) is 0 Å². The van der Waals surface area contributed by atoms with Gasteiger partial charge in [-0.05, 0) is 27.1 Å². The maximum atomic E-state index is 11.5. The number of hydrogen-bond acceptors (Lipinski definition) is 5. The highest BCUT2D eigenvalue weighted by Gasteiger charge is 2.08. The van der Waals surface area contributed by atoms with E-state index in [0.29, 0.717) is 6.54 Å². The number of H-pyrrole nitrogens is 1. The summed E-state index contributed by atoms with van der Waals surface area (Å²) < 4.78 is 0.961. The minimum Gasteiger partial charge on any atom is -0.494 e. The van der Waals surface area contributed by atoms with Crippen LogP contribution >= 0.6 is 0 Å². The lowest BCUT2D eigenvalue weighted by Crippen LogP contribution is -2.30. The number of nitrogens with one attached hydrogen (secondary N) is 1. The molecule has 1 rings (SSSR count). The van der Waals surface area contributed by atoms with Gasteiger partial charge in [0.2, 0.25) is 5.88 Å². The third-order valence-electron chi connectivity index (χ3n) is 2.44. The second-order valence-corrected chi connectivity index (χ2v) is 4.25. The predicted molar refractivity (Wildman–Crippen MR) is 69.6 cm³/mol. The van der Waals surface area contributed by atoms with Gasteiger partial charge in [0.05, 0.1) is 0 Å². The van der Waals surface area contributed by atoms with Gasteiger partial charge in [-0.1, -0.05) is 0 Å². The average Bonchev–Trinajstić information content (AvgIpc) is 2.29. The molecule has 0 aliphatic rings. The van der Waals surface area contributed by atoms with Crippen molar-refractivity contribution in [1.82, 2.24) is 14.5 Å². The Morgan fingerprint density at radius 3 is 2.72 bits per heavy atom. The lowest BCUT2D eigenvalue weighted by atomic mass is 10.3. The lowest BCUT2D eigenvalue weighted by molar-refractivity contribution is 0.403. The van der Waals surface area contributed by atoms with Crippen LogP contribution in [0.25, 0.3) is 0 Å². The molecule has 1 heterocycles. The molecule has 0 atom stereocenters. The van der Waals surface area contributed by atoms with Crippen molar-refractivity contribution in [1.29, 1.82) is 0 Å². The van der Waals surface area contributed by atoms with Gasteiger partial charge < -0.3 is 10.0 Å². The summed E-state index contributed by atoms with van der Waals surface area (Å²) in [6.07, 6.45) is 2.15. The van der Waals surface area contributed by atoms with Crippen LogP contribution in [0.4, 0.5) is 0 Å². The van der Waals surface area contributed by atoms with Gasteiger partial charge in [-0.3, -0.25) is 19.3 Å². The molecule has 1 aromatic heterocycles. The molecule has 0 saturated heterocycles.